The maximum absolute atomic E-state index is 13.0. The van der Waals surface area contributed by atoms with Crippen LogP contribution in [0, 0.1) is 38.5 Å². The molecule has 23 nitrogen and oxygen atoms in total. The van der Waals surface area contributed by atoms with Crippen LogP contribution in [0.4, 0.5) is 5.69 Å². The summed E-state index contributed by atoms with van der Waals surface area (Å²) in [6.07, 6.45) is 20.1. The number of ether oxygens (including phenoxy) is 10. The van der Waals surface area contributed by atoms with Crippen molar-refractivity contribution in [3.63, 3.8) is 0 Å². The van der Waals surface area contributed by atoms with Crippen molar-refractivity contribution < 1.29 is 105 Å². The van der Waals surface area contributed by atoms with Crippen molar-refractivity contribution >= 4 is 77.2 Å². The van der Waals surface area contributed by atoms with Crippen molar-refractivity contribution in [1.82, 2.24) is 0 Å². The zero-order chi connectivity index (χ0) is 106. The number of amides is 2. The molecule has 12 aromatic rings. The molecule has 1 saturated heterocycles. The van der Waals surface area contributed by atoms with Gasteiger partial charge in [0.15, 0.2) is 0 Å². The third-order valence-electron chi connectivity index (χ3n) is 23.0. The average molecular weight is 1970 g/mol. The molecule has 12 aromatic carbocycles. The fourth-order valence-electron chi connectivity index (χ4n) is 16.6. The second kappa shape index (κ2) is 57.7. The molecule has 0 radical (unpaired) electrons. The number of hydrogen-bond acceptors (Lipinski definition) is 22. The van der Waals surface area contributed by atoms with E-state index in [1.165, 1.54) is 81.2 Å². The molecule has 0 spiro atoms. The smallest absolute Gasteiger partial charge is 0.308 e. The topological polar surface area (TPSA) is 300 Å². The van der Waals surface area contributed by atoms with Gasteiger partial charge in [0.1, 0.15) is 51.7 Å². The third-order valence-corrected chi connectivity index (χ3v) is 23.0. The number of rotatable bonds is 36. The molecule has 758 valence electrons. The molecule has 23 heteroatoms. The molecular weight excluding hydrogens is 1840 g/mol. The van der Waals surface area contributed by atoms with Gasteiger partial charge in [0.2, 0.25) is 11.8 Å². The largest absolute Gasteiger partial charge is 0.469 e. The second-order valence-corrected chi connectivity index (χ2v) is 35.5. The van der Waals surface area contributed by atoms with Crippen LogP contribution in [0.25, 0.3) is 0 Å². The van der Waals surface area contributed by atoms with Crippen molar-refractivity contribution in [1.29, 1.82) is 0 Å². The van der Waals surface area contributed by atoms with Gasteiger partial charge in [-0.3, -0.25) is 62.4 Å². The molecule has 1 fully saturated rings. The summed E-state index contributed by atoms with van der Waals surface area (Å²) in [5.41, 5.74) is 18.4. The summed E-state index contributed by atoms with van der Waals surface area (Å²) in [5.74, 6) is 0.734. The predicted molar refractivity (Wildman–Crippen MR) is 564 cm³/mol. The number of para-hydroxylation sites is 5. The first kappa shape index (κ1) is 113. The number of allylic oxidation sites excluding steroid dienone is 5. The van der Waals surface area contributed by atoms with Gasteiger partial charge in [0.05, 0.1) is 18.7 Å². The summed E-state index contributed by atoms with van der Waals surface area (Å²) in [5, 5.41) is 0. The fourth-order valence-corrected chi connectivity index (χ4v) is 16.6. The van der Waals surface area contributed by atoms with E-state index in [9.17, 15) is 57.5 Å². The summed E-state index contributed by atoms with van der Waals surface area (Å²) >= 11 is 0. The van der Waals surface area contributed by atoms with Crippen LogP contribution in [0.2, 0.25) is 0 Å². The van der Waals surface area contributed by atoms with E-state index in [1.807, 2.05) is 185 Å². The molecule has 1 heterocycles. The summed E-state index contributed by atoms with van der Waals surface area (Å²) in [6.45, 7) is 27.8. The summed E-state index contributed by atoms with van der Waals surface area (Å²) in [7, 11) is 1.35. The first-order chi connectivity index (χ1) is 69.9. The lowest BCUT2D eigenvalue weighted by molar-refractivity contribution is -0.138. The van der Waals surface area contributed by atoms with Crippen molar-refractivity contribution in [3.8, 4) is 51.7 Å². The number of hydrogen-bond donors (Lipinski definition) is 0. The van der Waals surface area contributed by atoms with Crippen LogP contribution in [0.5, 0.6) is 51.7 Å². The summed E-state index contributed by atoms with van der Waals surface area (Å²) in [6, 6.07) is 82.3. The zero-order valence-corrected chi connectivity index (χ0v) is 86.0. The Morgan fingerprint density at radius 1 is 0.329 bits per heavy atom. The Bertz CT molecular complexity index is 6470. The van der Waals surface area contributed by atoms with Crippen LogP contribution in [0.3, 0.4) is 0 Å². The van der Waals surface area contributed by atoms with Gasteiger partial charge in [-0.1, -0.05) is 268 Å². The van der Waals surface area contributed by atoms with Crippen LogP contribution in [0.15, 0.2) is 298 Å². The lowest BCUT2D eigenvalue weighted by atomic mass is 9.86. The van der Waals surface area contributed by atoms with Crippen molar-refractivity contribution in [2.45, 2.75) is 194 Å². The second-order valence-electron chi connectivity index (χ2n) is 35.5. The van der Waals surface area contributed by atoms with Crippen LogP contribution in [0.1, 0.15) is 227 Å². The van der Waals surface area contributed by atoms with Gasteiger partial charge in [-0.2, -0.15) is 0 Å². The minimum atomic E-state index is -0.444. The molecule has 146 heavy (non-hydrogen) atoms. The number of carbonyl (C=O) groups excluding carboxylic acids is 12. The van der Waals surface area contributed by atoms with Crippen LogP contribution >= 0.6 is 0 Å². The first-order valence-corrected chi connectivity index (χ1v) is 48.5. The maximum Gasteiger partial charge on any atom is 0.308 e. The minimum absolute atomic E-state index is 0.0644. The molecule has 0 aliphatic carbocycles. The molecule has 1 aliphatic heterocycles. The normalized spacial score (nSPS) is 12.2. The molecule has 3 unspecified atom stereocenters. The SMILES string of the molecule is C=CC(C/C=C/CC)C/C=C/C(CCC)C1CC(=O)N(c2ccccc2)C1=O.CC(=O)Oc1ccc(C)cc1Cc1cc(C)cc(Cc2cc(C)ccc2OC(C)=O)c1OC(C)=O.CC(=O)Oc1cccc(Cc2ccc(Cc3ccc(Cc4ccc(Cc5ccccc5OC(C)=O)cc4)cc3OC(C)=O)cc2)c1.CC(=O)Oc1ccccc1Cc1cccc(Cc2ccccc2OC(C)=O)c1OC(C)=O.COC(C)=O. The highest BCUT2D eigenvalue weighted by molar-refractivity contribution is 6.21. The number of aryl methyl sites for hydroxylation is 3. The van der Waals surface area contributed by atoms with Gasteiger partial charge in [0, 0.05) is 114 Å². The Labute approximate surface area is 855 Å². The minimum Gasteiger partial charge on any atom is -0.469 e. The Kier molecular flexibility index (Phi) is 44.8. The van der Waals surface area contributed by atoms with Crippen LogP contribution < -0.4 is 47.5 Å². The first-order valence-electron chi connectivity index (χ1n) is 48.5. The summed E-state index contributed by atoms with van der Waals surface area (Å²) in [4.78, 5) is 141. The van der Waals surface area contributed by atoms with Gasteiger partial charge in [-0.05, 0) is 221 Å². The highest BCUT2D eigenvalue weighted by Crippen LogP contribution is 2.40. The van der Waals surface area contributed by atoms with E-state index in [1.54, 1.807) is 48.5 Å². The molecule has 0 N–H and O–H groups in total. The highest BCUT2D eigenvalue weighted by atomic mass is 16.6. The van der Waals surface area contributed by atoms with E-state index in [4.69, 9.17) is 42.6 Å². The number of imide groups is 1. The standard InChI is InChI=1S/C40H36O6.C29H30O6.C26H24O6.C25H33NO2.C3H6O2/c1-27(41)44-38-9-6-7-34(25-38)21-30-11-17-33(18-12-30)24-37-20-19-35(26-40(37)46-29(3)43)22-31-13-15-32(16-14-31)23-36-8-4-5-10-39(36)45-28(2)42;1-17-7-9-27(33-20(4)30)23(11-17)15-25-13-19(3)14-26(29(25)35-22(6)32)16-24-12-18(2)8-10-28(24)34-21(5)31;1-17(27)30-24-13-6-4-9-20(24)15-22-11-8-12-23(26(22)32-19(3)29)16-21-10-5-7-14-25(21)31-18(2)28;1-4-7-9-14-20(6-3)15-12-16-21(13-5-2)23-19-24(27)26(25(23)28)22-17-10-8-11-18-22;1-3(4)5-2/h4-20,25-26H,21-24H2,1-3H3;7-14H,15-16H2,1-6H3;4-14H,15-16H2,1-3H3;6-12,16-18,20-21,23H,3-5,13-15,19H2,1-2H3;1-2H3/b;;;9-7+,16-12+;. The Hall–Kier alpha value is -16.3. The van der Waals surface area contributed by atoms with E-state index in [0.29, 0.717) is 121 Å². The van der Waals surface area contributed by atoms with Gasteiger partial charge >= 0.3 is 59.7 Å². The lowest BCUT2D eigenvalue weighted by Gasteiger charge is -2.19. The van der Waals surface area contributed by atoms with Crippen molar-refractivity contribution in [2.24, 2.45) is 17.8 Å². The number of esters is 10. The number of anilines is 1. The number of benzene rings is 12. The van der Waals surface area contributed by atoms with Crippen LogP contribution in [-0.4, -0.2) is 78.6 Å². The van der Waals surface area contributed by atoms with Gasteiger partial charge in [0.25, 0.3) is 0 Å². The molecule has 2 amide bonds. The zero-order valence-electron chi connectivity index (χ0n) is 86.0. The fraction of sp³-hybridized carbons (Fsp3) is 0.268. The van der Waals surface area contributed by atoms with Gasteiger partial charge < -0.3 is 47.4 Å². The Morgan fingerprint density at radius 3 is 1.11 bits per heavy atom. The van der Waals surface area contributed by atoms with E-state index in [-0.39, 0.29) is 47.5 Å². The molecule has 0 bridgehead atoms. The monoisotopic (exact) mass is 1970 g/mol. The Morgan fingerprint density at radius 2 is 0.685 bits per heavy atom. The lowest BCUT2D eigenvalue weighted by Crippen LogP contribution is -2.32. The van der Waals surface area contributed by atoms with Crippen molar-refractivity contribution in [2.75, 3.05) is 12.0 Å². The Balaban J connectivity index is 0.000000216. The number of methoxy groups -OCH3 is 1. The van der Waals surface area contributed by atoms with E-state index >= 15 is 0 Å². The number of nitrogens with zero attached hydrogens (tertiary/aromatic N) is 1. The summed E-state index contributed by atoms with van der Waals surface area (Å²) < 4.78 is 53.1. The number of carbonyl (C=O) groups is 12. The average Bonchev–Trinajstić information content (AvgIpc) is 0.855. The van der Waals surface area contributed by atoms with E-state index < -0.39 is 35.8 Å². The molecule has 1 aliphatic rings. The van der Waals surface area contributed by atoms with E-state index in [0.717, 1.165) is 138 Å². The molecule has 0 aromatic heterocycles. The molecule has 3 atom stereocenters. The maximum atomic E-state index is 13.0. The van der Waals surface area contributed by atoms with Gasteiger partial charge in [-0.25, -0.2) is 0 Å². The molecule has 13 rings (SSSR count). The molecule has 0 saturated carbocycles. The predicted octanol–water partition coefficient (Wildman–Crippen LogP) is 24.3. The highest BCUT2D eigenvalue weighted by Gasteiger charge is 2.42. The van der Waals surface area contributed by atoms with Gasteiger partial charge in [-0.15, -0.1) is 6.58 Å². The molecular formula is C123H129NO22. The van der Waals surface area contributed by atoms with Crippen molar-refractivity contribution in [3.05, 3.63) is 404 Å². The van der Waals surface area contributed by atoms with Crippen LogP contribution in [-0.2, 0) is 114 Å². The quantitative estimate of drug-likeness (QED) is 0.0152. The third kappa shape index (κ3) is 37.5. The van der Waals surface area contributed by atoms with E-state index in [2.05, 4.69) is 104 Å².